The van der Waals surface area contributed by atoms with E-state index in [1.807, 2.05) is 0 Å². The highest BCUT2D eigenvalue weighted by Crippen LogP contribution is 1.65. The fourth-order valence-electron chi connectivity index (χ4n) is 0.252. The molecule has 0 unspecified atom stereocenters. The van der Waals surface area contributed by atoms with E-state index in [1.165, 1.54) is 7.28 Å². The first-order valence-electron chi connectivity index (χ1n) is 2.31. The Balaban J connectivity index is 3.06. The van der Waals surface area contributed by atoms with Gasteiger partial charge in [0.1, 0.15) is 0 Å². The van der Waals surface area contributed by atoms with Crippen LogP contribution in [0, 0.1) is 0 Å². The molecule has 1 nitrogen and oxygen atoms in total. The summed E-state index contributed by atoms with van der Waals surface area (Å²) in [6.07, 6.45) is 0.730. The minimum atomic E-state index is 0.730. The van der Waals surface area contributed by atoms with Gasteiger partial charge in [-0.05, 0) is 0 Å². The summed E-state index contributed by atoms with van der Waals surface area (Å²) in [5, 5.41) is 0. The van der Waals surface area contributed by atoms with Gasteiger partial charge in [-0.2, -0.15) is 0 Å². The Morgan fingerprint density at radius 1 is 1.25 bits per heavy atom. The molecular weight excluding hydrogens is 97.7 g/mol. The highest BCUT2D eigenvalue weighted by molar-refractivity contribution is 6.72. The van der Waals surface area contributed by atoms with Gasteiger partial charge in [-0.25, -0.2) is 0 Å². The van der Waals surface area contributed by atoms with E-state index in [9.17, 15) is 4.79 Å². The smallest absolute Gasteiger partial charge is 0.225 e. The average molecular weight is 104 g/mol. The van der Waals surface area contributed by atoms with Gasteiger partial charge >= 0.3 is 0 Å². The SMILES string of the molecule is C=C[B]/C=C/[B]C=O. The number of carbonyl (C=O) groups excluding carboxylic acids is 1. The van der Waals surface area contributed by atoms with Gasteiger partial charge in [0.25, 0.3) is 0 Å². The highest BCUT2D eigenvalue weighted by atomic mass is 16.1. The molecule has 38 valence electrons. The van der Waals surface area contributed by atoms with Crippen molar-refractivity contribution in [3.8, 4) is 0 Å². The van der Waals surface area contributed by atoms with Crippen molar-refractivity contribution in [3.63, 3.8) is 0 Å². The molecule has 0 bridgehead atoms. The van der Waals surface area contributed by atoms with Crippen LogP contribution in [0.3, 0.4) is 0 Å². The van der Waals surface area contributed by atoms with E-state index in [2.05, 4.69) is 6.58 Å². The molecule has 0 N–H and O–H groups in total. The molecule has 0 aromatic rings. The molecule has 0 saturated carbocycles. The summed E-state index contributed by atoms with van der Waals surface area (Å²) in [6, 6.07) is 0. The van der Waals surface area contributed by atoms with E-state index in [-0.39, 0.29) is 0 Å². The number of hydrogen-bond acceptors (Lipinski definition) is 1. The third-order valence-electron chi connectivity index (χ3n) is 0.548. The van der Waals surface area contributed by atoms with Gasteiger partial charge in [0.15, 0.2) is 7.28 Å². The van der Waals surface area contributed by atoms with Crippen molar-refractivity contribution in [2.75, 3.05) is 0 Å². The van der Waals surface area contributed by atoms with Gasteiger partial charge in [0, 0.05) is 0 Å². The fraction of sp³-hybridized carbons (Fsp3) is 0. The van der Waals surface area contributed by atoms with Gasteiger partial charge in [-0.1, -0.05) is 0 Å². The standard InChI is InChI=1S/C5H6B2O/c1-2-6-3-4-7-5-8/h2-5H,1H2/b4-3+. The van der Waals surface area contributed by atoms with Gasteiger partial charge < -0.3 is 4.79 Å². The molecule has 0 saturated heterocycles. The van der Waals surface area contributed by atoms with Crippen LogP contribution in [0.2, 0.25) is 0 Å². The Morgan fingerprint density at radius 2 is 1.88 bits per heavy atom. The van der Waals surface area contributed by atoms with Gasteiger partial charge in [0.2, 0.25) is 7.28 Å². The molecule has 0 spiro atoms. The Bertz CT molecular complexity index is 86.6. The summed E-state index contributed by atoms with van der Waals surface area (Å²) >= 11 is 0. The van der Waals surface area contributed by atoms with Crippen LogP contribution in [0.15, 0.2) is 24.5 Å². The second-order valence-electron chi connectivity index (χ2n) is 1.14. The monoisotopic (exact) mass is 104 g/mol. The summed E-state index contributed by atoms with van der Waals surface area (Å²) in [5.41, 5.74) is 0. The van der Waals surface area contributed by atoms with E-state index in [0.717, 1.165) is 6.19 Å². The van der Waals surface area contributed by atoms with Gasteiger partial charge in [-0.15, -0.1) is 24.5 Å². The first-order chi connectivity index (χ1) is 3.91. The molecule has 2 radical (unpaired) electrons. The molecule has 0 amide bonds. The summed E-state index contributed by atoms with van der Waals surface area (Å²) < 4.78 is 0. The van der Waals surface area contributed by atoms with Gasteiger partial charge in [-0.3, -0.25) is 0 Å². The summed E-state index contributed by atoms with van der Waals surface area (Å²) in [6.45, 7) is 3.45. The second kappa shape index (κ2) is 6.28. The molecule has 0 aromatic carbocycles. The van der Waals surface area contributed by atoms with Crippen molar-refractivity contribution in [1.82, 2.24) is 0 Å². The van der Waals surface area contributed by atoms with Crippen LogP contribution < -0.4 is 0 Å². The lowest BCUT2D eigenvalue weighted by Gasteiger charge is -1.70. The van der Waals surface area contributed by atoms with Crippen molar-refractivity contribution in [1.29, 1.82) is 0 Å². The molecule has 0 aliphatic carbocycles. The largest absolute Gasteiger partial charge is 0.315 e. The first kappa shape index (κ1) is 7.28. The molecule has 0 aliphatic heterocycles. The predicted molar refractivity (Wildman–Crippen MR) is 37.6 cm³/mol. The van der Waals surface area contributed by atoms with Crippen LogP contribution in [0.25, 0.3) is 0 Å². The molecular formula is C5H6B2O. The summed E-state index contributed by atoms with van der Waals surface area (Å²) in [4.78, 5) is 9.62. The van der Waals surface area contributed by atoms with Crippen molar-refractivity contribution in [2.24, 2.45) is 0 Å². The molecule has 3 heteroatoms. The lowest BCUT2D eigenvalue weighted by atomic mass is 9.72. The molecule has 0 atom stereocenters. The second-order valence-corrected chi connectivity index (χ2v) is 1.14. The molecule has 8 heavy (non-hydrogen) atoms. The summed E-state index contributed by atoms with van der Waals surface area (Å²) in [5.74, 6) is 5.03. The zero-order valence-electron chi connectivity index (χ0n) is 4.58. The zero-order valence-corrected chi connectivity index (χ0v) is 4.58. The molecule has 0 fully saturated rings. The Kier molecular flexibility index (Phi) is 5.71. The van der Waals surface area contributed by atoms with Crippen LogP contribution in [0.1, 0.15) is 0 Å². The lowest BCUT2D eigenvalue weighted by molar-refractivity contribution is 0.568. The molecule has 0 heterocycles. The van der Waals surface area contributed by atoms with E-state index < -0.39 is 0 Å². The molecule has 0 rings (SSSR count). The minimum Gasteiger partial charge on any atom is -0.315 e. The van der Waals surface area contributed by atoms with E-state index in [0.29, 0.717) is 0 Å². The van der Waals surface area contributed by atoms with Crippen LogP contribution in [-0.4, -0.2) is 20.7 Å². The van der Waals surface area contributed by atoms with Crippen LogP contribution in [0.4, 0.5) is 0 Å². The first-order valence-corrected chi connectivity index (χ1v) is 2.31. The number of hydrogen-bond donors (Lipinski definition) is 0. The predicted octanol–water partition coefficient (Wildman–Crippen LogP) is 0.200. The van der Waals surface area contributed by atoms with Gasteiger partial charge in [0.05, 0.1) is 6.19 Å². The van der Waals surface area contributed by atoms with Crippen molar-refractivity contribution in [3.05, 3.63) is 24.5 Å². The topological polar surface area (TPSA) is 17.1 Å². The van der Waals surface area contributed by atoms with E-state index >= 15 is 0 Å². The lowest BCUT2D eigenvalue weighted by Crippen LogP contribution is -1.85. The Labute approximate surface area is 51.0 Å². The normalized spacial score (nSPS) is 8.50. The maximum absolute atomic E-state index is 9.62. The van der Waals surface area contributed by atoms with Crippen molar-refractivity contribution < 1.29 is 4.79 Å². The van der Waals surface area contributed by atoms with Crippen LogP contribution in [0.5, 0.6) is 0 Å². The third-order valence-corrected chi connectivity index (χ3v) is 0.548. The third kappa shape index (κ3) is 5.28. The maximum atomic E-state index is 9.62. The van der Waals surface area contributed by atoms with Crippen molar-refractivity contribution in [2.45, 2.75) is 0 Å². The zero-order chi connectivity index (χ0) is 6.24. The quantitative estimate of drug-likeness (QED) is 0.367. The van der Waals surface area contributed by atoms with E-state index in [1.54, 1.807) is 25.2 Å². The number of rotatable bonds is 4. The molecule has 0 aliphatic rings. The van der Waals surface area contributed by atoms with Crippen LogP contribution in [-0.2, 0) is 4.79 Å². The Morgan fingerprint density at radius 3 is 2.38 bits per heavy atom. The van der Waals surface area contributed by atoms with E-state index in [4.69, 9.17) is 0 Å². The Hall–Kier alpha value is -0.720. The van der Waals surface area contributed by atoms with Crippen molar-refractivity contribution >= 4 is 20.7 Å². The number of carbonyl (C=O) groups is 1. The minimum absolute atomic E-state index is 0.730. The van der Waals surface area contributed by atoms with Crippen LogP contribution >= 0.6 is 0 Å². The molecule has 0 aromatic heterocycles. The summed E-state index contributed by atoms with van der Waals surface area (Å²) in [7, 11) is 3.17. The average Bonchev–Trinajstić information content (AvgIpc) is 1.81. The fourth-order valence-corrected chi connectivity index (χ4v) is 0.252. The maximum Gasteiger partial charge on any atom is 0.225 e. The highest BCUT2D eigenvalue weighted by Gasteiger charge is 1.74.